The molecule has 1 aromatic carbocycles. The number of furan rings is 1. The number of nitrogens with zero attached hydrogens (tertiary/aromatic N) is 4. The number of hydrogen-bond donors (Lipinski definition) is 2. The van der Waals surface area contributed by atoms with Crippen LogP contribution >= 0.6 is 35.3 Å². The first-order valence-electron chi connectivity index (χ1n) is 9.83. The fourth-order valence-electron chi connectivity index (χ4n) is 3.17. The molecule has 0 bridgehead atoms. The van der Waals surface area contributed by atoms with Crippen LogP contribution in [0, 0.1) is 0 Å². The lowest BCUT2D eigenvalue weighted by molar-refractivity contribution is 0.0837. The minimum atomic E-state index is -1.08. The third-order valence-electron chi connectivity index (χ3n) is 4.96. The summed E-state index contributed by atoms with van der Waals surface area (Å²) in [5.41, 5.74) is 0.895. The van der Waals surface area contributed by atoms with Crippen LogP contribution in [0.3, 0.4) is 0 Å². The number of fused-ring (bicyclic) bond motifs is 2. The van der Waals surface area contributed by atoms with Crippen LogP contribution in [0.5, 0.6) is 16.7 Å². The zero-order chi connectivity index (χ0) is 23.2. The maximum atomic E-state index is 10.4. The van der Waals surface area contributed by atoms with Crippen LogP contribution in [0.25, 0.3) is 27.4 Å². The molecule has 5 aromatic rings. The van der Waals surface area contributed by atoms with Crippen LogP contribution in [0.4, 0.5) is 0 Å². The third-order valence-corrected chi connectivity index (χ3v) is 7.60. The minimum Gasteiger partial charge on any atom is -0.496 e. The molecule has 4 aromatic heterocycles. The van der Waals surface area contributed by atoms with Gasteiger partial charge in [-0.15, -0.1) is 16.4 Å². The summed E-state index contributed by atoms with van der Waals surface area (Å²) in [6.45, 7) is 1.92. The molecule has 1 atom stereocenters. The van der Waals surface area contributed by atoms with E-state index in [1.807, 2.05) is 11.4 Å². The summed E-state index contributed by atoms with van der Waals surface area (Å²) in [6.07, 6.45) is 1.79. The number of aliphatic hydroxyl groups is 1. The highest BCUT2D eigenvalue weighted by atomic mass is 32.1. The summed E-state index contributed by atoms with van der Waals surface area (Å²) in [6, 6.07) is 5.49. The molecule has 0 saturated heterocycles. The van der Waals surface area contributed by atoms with Gasteiger partial charge in [0.2, 0.25) is 4.96 Å². The van der Waals surface area contributed by atoms with E-state index in [0.717, 1.165) is 5.39 Å². The Bertz CT molecular complexity index is 1400. The molecule has 0 saturated carbocycles. The van der Waals surface area contributed by atoms with E-state index in [9.17, 15) is 5.11 Å². The number of aromatic nitrogens is 4. The molecule has 12 heteroatoms. The van der Waals surface area contributed by atoms with Gasteiger partial charge < -0.3 is 23.7 Å². The summed E-state index contributed by atoms with van der Waals surface area (Å²) < 4.78 is 24.4. The first-order chi connectivity index (χ1) is 15.9. The standard InChI is InChI=1S/C21H20N4O5S3/c1-21(26,10-31)18-22-11(9-32-18)8-29-15-4-12(27-2)5-16-13(15)6-17(30-16)14-7-25-19(23-14)33-20(24-25)28-3/h4-7,9,26,31H,8,10H2,1-3H3. The maximum Gasteiger partial charge on any atom is 0.294 e. The van der Waals surface area contributed by atoms with Gasteiger partial charge in [0.05, 0.1) is 31.5 Å². The molecule has 1 unspecified atom stereocenters. The molecule has 0 aliphatic carbocycles. The zero-order valence-electron chi connectivity index (χ0n) is 17.9. The quantitative estimate of drug-likeness (QED) is 0.300. The molecule has 5 rings (SSSR count). The van der Waals surface area contributed by atoms with Gasteiger partial charge in [-0.1, -0.05) is 0 Å². The molecule has 0 fully saturated rings. The highest BCUT2D eigenvalue weighted by Crippen LogP contribution is 2.37. The lowest BCUT2D eigenvalue weighted by Gasteiger charge is -2.16. The van der Waals surface area contributed by atoms with Gasteiger partial charge in [0.1, 0.15) is 40.0 Å². The molecular formula is C21H20N4O5S3. The van der Waals surface area contributed by atoms with Crippen LogP contribution in [0.2, 0.25) is 0 Å². The van der Waals surface area contributed by atoms with Crippen molar-refractivity contribution in [3.8, 4) is 28.1 Å². The second-order valence-electron chi connectivity index (χ2n) is 7.44. The summed E-state index contributed by atoms with van der Waals surface area (Å²) in [5.74, 6) is 2.06. The monoisotopic (exact) mass is 504 g/mol. The van der Waals surface area contributed by atoms with E-state index >= 15 is 0 Å². The van der Waals surface area contributed by atoms with Gasteiger partial charge in [0.15, 0.2) is 5.76 Å². The van der Waals surface area contributed by atoms with Gasteiger partial charge in [-0.2, -0.15) is 12.6 Å². The van der Waals surface area contributed by atoms with E-state index in [1.165, 1.54) is 22.7 Å². The summed E-state index contributed by atoms with van der Waals surface area (Å²) in [7, 11) is 3.16. The molecule has 1 N–H and O–H groups in total. The lowest BCUT2D eigenvalue weighted by atomic mass is 10.1. The molecular weight excluding hydrogens is 484 g/mol. The van der Waals surface area contributed by atoms with Crippen molar-refractivity contribution in [3.63, 3.8) is 0 Å². The molecule has 33 heavy (non-hydrogen) atoms. The average molecular weight is 505 g/mol. The van der Waals surface area contributed by atoms with Crippen molar-refractivity contribution in [2.24, 2.45) is 0 Å². The Balaban J connectivity index is 1.45. The predicted octanol–water partition coefficient (Wildman–Crippen LogP) is 4.39. The topological polar surface area (TPSA) is 104 Å². The van der Waals surface area contributed by atoms with Crippen LogP contribution in [0.1, 0.15) is 17.6 Å². The summed E-state index contributed by atoms with van der Waals surface area (Å²) in [5, 5.41) is 18.4. The molecule has 172 valence electrons. The Labute approximate surface area is 202 Å². The van der Waals surface area contributed by atoms with E-state index in [4.69, 9.17) is 18.6 Å². The van der Waals surface area contributed by atoms with Crippen molar-refractivity contribution < 1.29 is 23.7 Å². The van der Waals surface area contributed by atoms with Crippen molar-refractivity contribution in [2.75, 3.05) is 20.0 Å². The second kappa shape index (κ2) is 8.52. The highest BCUT2D eigenvalue weighted by Gasteiger charge is 2.25. The molecule has 0 spiro atoms. The molecule has 0 radical (unpaired) electrons. The Morgan fingerprint density at radius 2 is 2.06 bits per heavy atom. The van der Waals surface area contributed by atoms with Gasteiger partial charge in [0.25, 0.3) is 5.19 Å². The fourth-order valence-corrected chi connectivity index (χ4v) is 4.99. The fraction of sp³-hybridized carbons (Fsp3) is 0.286. The predicted molar refractivity (Wildman–Crippen MR) is 129 cm³/mol. The number of rotatable bonds is 8. The van der Waals surface area contributed by atoms with Crippen molar-refractivity contribution in [3.05, 3.63) is 40.5 Å². The van der Waals surface area contributed by atoms with Gasteiger partial charge in [0, 0.05) is 23.3 Å². The third kappa shape index (κ3) is 4.14. The highest BCUT2D eigenvalue weighted by molar-refractivity contribution is 7.80. The van der Waals surface area contributed by atoms with Crippen molar-refractivity contribution in [1.29, 1.82) is 0 Å². The Morgan fingerprint density at radius 3 is 2.79 bits per heavy atom. The average Bonchev–Trinajstić information content (AvgIpc) is 3.58. The van der Waals surface area contributed by atoms with Crippen LogP contribution in [-0.4, -0.2) is 44.7 Å². The van der Waals surface area contributed by atoms with Gasteiger partial charge >= 0.3 is 0 Å². The van der Waals surface area contributed by atoms with Crippen molar-refractivity contribution >= 4 is 51.2 Å². The van der Waals surface area contributed by atoms with Crippen molar-refractivity contribution in [1.82, 2.24) is 19.6 Å². The number of thiazole rings is 1. The van der Waals surface area contributed by atoms with Crippen LogP contribution < -0.4 is 14.2 Å². The molecule has 9 nitrogen and oxygen atoms in total. The lowest BCUT2D eigenvalue weighted by Crippen LogP contribution is -2.22. The normalized spacial score (nSPS) is 13.5. The number of benzene rings is 1. The zero-order valence-corrected chi connectivity index (χ0v) is 20.5. The number of thiol groups is 1. The Morgan fingerprint density at radius 1 is 1.21 bits per heavy atom. The Kier molecular flexibility index (Phi) is 5.69. The van der Waals surface area contributed by atoms with E-state index in [0.29, 0.717) is 49.4 Å². The number of hydrogen-bond acceptors (Lipinski definition) is 11. The summed E-state index contributed by atoms with van der Waals surface area (Å²) >= 11 is 6.91. The van der Waals surface area contributed by atoms with Crippen LogP contribution in [-0.2, 0) is 12.2 Å². The summed E-state index contributed by atoms with van der Waals surface area (Å²) in [4.78, 5) is 9.77. The first-order valence-corrected chi connectivity index (χ1v) is 12.2. The van der Waals surface area contributed by atoms with Gasteiger partial charge in [-0.3, -0.25) is 0 Å². The number of methoxy groups -OCH3 is 2. The smallest absolute Gasteiger partial charge is 0.294 e. The van der Waals surface area contributed by atoms with E-state index in [-0.39, 0.29) is 12.4 Å². The minimum absolute atomic E-state index is 0.228. The van der Waals surface area contributed by atoms with E-state index in [2.05, 4.69) is 27.7 Å². The van der Waals surface area contributed by atoms with E-state index < -0.39 is 5.60 Å². The van der Waals surface area contributed by atoms with Crippen molar-refractivity contribution in [2.45, 2.75) is 19.1 Å². The largest absolute Gasteiger partial charge is 0.496 e. The van der Waals surface area contributed by atoms with Gasteiger partial charge in [-0.25, -0.2) is 14.5 Å². The molecule has 0 aliphatic heterocycles. The van der Waals surface area contributed by atoms with E-state index in [1.54, 1.807) is 44.0 Å². The second-order valence-corrected chi connectivity index (χ2v) is 9.53. The van der Waals surface area contributed by atoms with Crippen LogP contribution in [0.15, 0.2) is 34.2 Å². The SMILES string of the molecule is COc1cc(OCc2csc(C(C)(O)CS)n2)c2cc(-c3cn4nc(OC)sc4n3)oc2c1. The first kappa shape index (κ1) is 22.0. The molecule has 0 aliphatic rings. The molecule has 0 amide bonds. The Hall–Kier alpha value is -2.80. The number of ether oxygens (including phenoxy) is 3. The molecule has 4 heterocycles. The maximum absolute atomic E-state index is 10.4. The number of imidazole rings is 1. The van der Waals surface area contributed by atoms with Gasteiger partial charge in [-0.05, 0) is 24.3 Å².